The van der Waals surface area contributed by atoms with E-state index in [1.165, 1.54) is 17.3 Å². The second-order valence-electron chi connectivity index (χ2n) is 7.57. The van der Waals surface area contributed by atoms with Crippen molar-refractivity contribution in [1.29, 1.82) is 0 Å². The van der Waals surface area contributed by atoms with Crippen molar-refractivity contribution in [3.63, 3.8) is 0 Å². The van der Waals surface area contributed by atoms with Gasteiger partial charge in [-0.2, -0.15) is 0 Å². The first-order valence-corrected chi connectivity index (χ1v) is 10.9. The molecule has 7 nitrogen and oxygen atoms in total. The van der Waals surface area contributed by atoms with Crippen molar-refractivity contribution < 1.29 is 9.59 Å². The van der Waals surface area contributed by atoms with E-state index in [-0.39, 0.29) is 23.7 Å². The summed E-state index contributed by atoms with van der Waals surface area (Å²) < 4.78 is 0. The minimum Gasteiger partial charge on any atom is -0.326 e. The topological polar surface area (TPSA) is 104 Å². The van der Waals surface area contributed by atoms with Crippen LogP contribution in [0.5, 0.6) is 0 Å². The Kier molecular flexibility index (Phi) is 5.90. The highest BCUT2D eigenvalue weighted by Crippen LogP contribution is 2.31. The number of thioether (sulfide) groups is 1. The molecule has 0 saturated carbocycles. The maximum Gasteiger partial charge on any atom is 0.257 e. The number of amides is 2. The number of carbonyl (C=O) groups excluding carboxylic acids is 2. The number of aryl methyl sites for hydroxylation is 2. The second-order valence-corrected chi connectivity index (χ2v) is 8.54. The third-order valence-corrected chi connectivity index (χ3v) is 5.97. The van der Waals surface area contributed by atoms with Crippen molar-refractivity contribution >= 4 is 35.1 Å². The van der Waals surface area contributed by atoms with Crippen LogP contribution < -0.4 is 16.2 Å². The van der Waals surface area contributed by atoms with E-state index in [2.05, 4.69) is 20.6 Å². The van der Waals surface area contributed by atoms with Crippen LogP contribution in [-0.2, 0) is 15.3 Å². The summed E-state index contributed by atoms with van der Waals surface area (Å²) in [4.78, 5) is 45.1. The van der Waals surface area contributed by atoms with Gasteiger partial charge in [0.1, 0.15) is 5.82 Å². The number of fused-ring (bicyclic) bond motifs is 1. The zero-order valence-corrected chi connectivity index (χ0v) is 18.0. The molecule has 0 saturated heterocycles. The Morgan fingerprint density at radius 2 is 1.90 bits per heavy atom. The lowest BCUT2D eigenvalue weighted by Gasteiger charge is -2.23. The zero-order valence-electron chi connectivity index (χ0n) is 17.2. The minimum absolute atomic E-state index is 0.106. The molecule has 1 aliphatic heterocycles. The third-order valence-electron chi connectivity index (χ3n) is 5.03. The highest BCUT2D eigenvalue weighted by Gasteiger charge is 2.34. The Morgan fingerprint density at radius 1 is 1.13 bits per heavy atom. The van der Waals surface area contributed by atoms with Gasteiger partial charge in [0, 0.05) is 17.9 Å². The number of nitrogens with zero attached hydrogens (tertiary/aromatic N) is 1. The smallest absolute Gasteiger partial charge is 0.257 e. The lowest BCUT2D eigenvalue weighted by Crippen LogP contribution is -2.36. The third kappa shape index (κ3) is 4.86. The number of benzene rings is 2. The van der Waals surface area contributed by atoms with Gasteiger partial charge in [0.15, 0.2) is 5.16 Å². The van der Waals surface area contributed by atoms with E-state index in [9.17, 15) is 14.4 Å². The fraction of sp³-hybridized carbons (Fsp3) is 0.217. The average molecular weight is 435 g/mol. The van der Waals surface area contributed by atoms with Gasteiger partial charge in [-0.3, -0.25) is 14.4 Å². The summed E-state index contributed by atoms with van der Waals surface area (Å²) in [7, 11) is 0. The van der Waals surface area contributed by atoms with E-state index in [0.29, 0.717) is 16.6 Å². The molecule has 0 aliphatic carbocycles. The van der Waals surface area contributed by atoms with Crippen LogP contribution in [0.2, 0.25) is 0 Å². The number of anilines is 2. The first-order chi connectivity index (χ1) is 14.9. The summed E-state index contributed by atoms with van der Waals surface area (Å²) in [5, 5.41) is 5.84. The predicted octanol–water partition coefficient (Wildman–Crippen LogP) is 3.74. The number of rotatable bonds is 5. The maximum absolute atomic E-state index is 12.9. The van der Waals surface area contributed by atoms with E-state index in [4.69, 9.17) is 0 Å². The molecular formula is C23H22N4O3S. The van der Waals surface area contributed by atoms with E-state index in [1.54, 1.807) is 6.07 Å². The molecule has 0 spiro atoms. The average Bonchev–Trinajstić information content (AvgIpc) is 2.72. The van der Waals surface area contributed by atoms with Crippen LogP contribution in [0, 0.1) is 13.8 Å². The number of carbonyl (C=O) groups is 2. The Morgan fingerprint density at radius 3 is 2.65 bits per heavy atom. The van der Waals surface area contributed by atoms with E-state index in [0.717, 1.165) is 11.1 Å². The molecule has 2 heterocycles. The molecule has 1 aromatic heterocycles. The van der Waals surface area contributed by atoms with E-state index >= 15 is 0 Å². The minimum atomic E-state index is -0.906. The zero-order chi connectivity index (χ0) is 22.0. The van der Waals surface area contributed by atoms with Crippen LogP contribution in [-0.4, -0.2) is 21.8 Å². The van der Waals surface area contributed by atoms with Gasteiger partial charge in [-0.25, -0.2) is 4.98 Å². The molecule has 1 aliphatic rings. The Labute approximate surface area is 183 Å². The molecule has 158 valence electrons. The number of H-pyrrole nitrogens is 1. The van der Waals surface area contributed by atoms with Gasteiger partial charge < -0.3 is 15.6 Å². The van der Waals surface area contributed by atoms with Crippen LogP contribution >= 0.6 is 11.8 Å². The Balaban J connectivity index is 1.57. The van der Waals surface area contributed by atoms with Crippen LogP contribution in [0.3, 0.4) is 0 Å². The molecule has 1 atom stereocenters. The molecule has 0 fully saturated rings. The molecule has 2 aromatic carbocycles. The van der Waals surface area contributed by atoms with Crippen LogP contribution in [0.1, 0.15) is 34.6 Å². The van der Waals surface area contributed by atoms with Crippen molar-refractivity contribution in [3.05, 3.63) is 81.1 Å². The van der Waals surface area contributed by atoms with Crippen LogP contribution in [0.4, 0.5) is 11.5 Å². The van der Waals surface area contributed by atoms with Crippen molar-refractivity contribution in [1.82, 2.24) is 9.97 Å². The van der Waals surface area contributed by atoms with Gasteiger partial charge >= 0.3 is 0 Å². The first kappa shape index (κ1) is 20.9. The molecule has 0 radical (unpaired) electrons. The molecular weight excluding hydrogens is 412 g/mol. The van der Waals surface area contributed by atoms with E-state index in [1.807, 2.05) is 56.3 Å². The molecule has 3 N–H and O–H groups in total. The van der Waals surface area contributed by atoms with Gasteiger partial charge in [0.05, 0.1) is 11.5 Å². The summed E-state index contributed by atoms with van der Waals surface area (Å²) in [6.07, 6.45) is -0.106. The molecule has 0 bridgehead atoms. The van der Waals surface area contributed by atoms with Gasteiger partial charge in [0.2, 0.25) is 11.8 Å². The van der Waals surface area contributed by atoms with Gasteiger partial charge in [-0.1, -0.05) is 53.7 Å². The number of aromatic amines is 1. The highest BCUT2D eigenvalue weighted by atomic mass is 32.2. The molecule has 31 heavy (non-hydrogen) atoms. The number of aromatic nitrogens is 2. The SMILES string of the molecule is Cc1ccc(CSc2nc3c(c(=O)[nH]2)[C@H](C(=O)Nc2cccc(C)c2)CC(=O)N3)cc1. The monoisotopic (exact) mass is 434 g/mol. The van der Waals surface area contributed by atoms with Crippen molar-refractivity contribution in [3.8, 4) is 0 Å². The predicted molar refractivity (Wildman–Crippen MR) is 121 cm³/mol. The Bertz CT molecular complexity index is 1200. The maximum atomic E-state index is 12.9. The number of hydrogen-bond acceptors (Lipinski definition) is 5. The molecule has 0 unspecified atom stereocenters. The second kappa shape index (κ2) is 8.77. The largest absolute Gasteiger partial charge is 0.326 e. The standard InChI is InChI=1S/C23H22N4O3S/c1-13-6-8-15(9-7-13)12-31-23-26-20-19(22(30)27-23)17(11-18(28)25-20)21(29)24-16-5-3-4-14(2)10-16/h3-10,17H,11-12H2,1-2H3,(H,24,29)(H2,25,26,27,28,30)/t17-/m1/s1. The van der Waals surface area contributed by atoms with Gasteiger partial charge in [-0.15, -0.1) is 0 Å². The molecule has 8 heteroatoms. The first-order valence-electron chi connectivity index (χ1n) is 9.89. The number of hydrogen-bond donors (Lipinski definition) is 3. The molecule has 3 aromatic rings. The van der Waals surface area contributed by atoms with Gasteiger partial charge in [-0.05, 0) is 37.1 Å². The van der Waals surface area contributed by atoms with E-state index < -0.39 is 17.4 Å². The summed E-state index contributed by atoms with van der Waals surface area (Å²) in [5.74, 6) is -0.890. The highest BCUT2D eigenvalue weighted by molar-refractivity contribution is 7.98. The summed E-state index contributed by atoms with van der Waals surface area (Å²) in [6, 6.07) is 15.4. The van der Waals surface area contributed by atoms with Gasteiger partial charge in [0.25, 0.3) is 5.56 Å². The quantitative estimate of drug-likeness (QED) is 0.419. The lowest BCUT2D eigenvalue weighted by atomic mass is 9.92. The number of nitrogens with one attached hydrogen (secondary N) is 3. The summed E-state index contributed by atoms with van der Waals surface area (Å²) >= 11 is 1.36. The summed E-state index contributed by atoms with van der Waals surface area (Å²) in [6.45, 7) is 3.94. The normalized spacial score (nSPS) is 15.2. The summed E-state index contributed by atoms with van der Waals surface area (Å²) in [5.41, 5.74) is 3.65. The lowest BCUT2D eigenvalue weighted by molar-refractivity contribution is -0.123. The van der Waals surface area contributed by atoms with Crippen molar-refractivity contribution in [2.24, 2.45) is 0 Å². The Hall–Kier alpha value is -3.39. The fourth-order valence-electron chi connectivity index (χ4n) is 3.43. The van der Waals surface area contributed by atoms with Crippen LogP contribution in [0.25, 0.3) is 0 Å². The molecule has 2 amide bonds. The van der Waals surface area contributed by atoms with Crippen molar-refractivity contribution in [2.45, 2.75) is 37.1 Å². The van der Waals surface area contributed by atoms with Crippen molar-refractivity contribution in [2.75, 3.05) is 10.6 Å². The fourth-order valence-corrected chi connectivity index (χ4v) is 4.25. The van der Waals surface area contributed by atoms with Crippen LogP contribution in [0.15, 0.2) is 58.5 Å². The molecule has 4 rings (SSSR count).